The van der Waals surface area contributed by atoms with E-state index in [9.17, 15) is 9.18 Å². The first-order valence-electron chi connectivity index (χ1n) is 10.5. The number of anilines is 2. The molecule has 31 heavy (non-hydrogen) atoms. The maximum atomic E-state index is 13.2. The minimum absolute atomic E-state index is 0.157. The normalized spacial score (nSPS) is 19.6. The first kappa shape index (κ1) is 20.3. The fraction of sp³-hybridized carbons (Fsp3) is 0.348. The molecule has 0 spiro atoms. The number of nitrogens with one attached hydrogen (secondary N) is 1. The summed E-state index contributed by atoms with van der Waals surface area (Å²) in [6.07, 6.45) is 8.63. The lowest BCUT2D eigenvalue weighted by molar-refractivity contribution is 0.103. The number of pyridine rings is 1. The molecule has 0 bridgehead atoms. The van der Waals surface area contributed by atoms with Crippen LogP contribution in [0.15, 0.2) is 42.6 Å². The van der Waals surface area contributed by atoms with E-state index in [-0.39, 0.29) is 5.91 Å². The lowest BCUT2D eigenvalue weighted by atomic mass is 10.00. The van der Waals surface area contributed by atoms with Gasteiger partial charge < -0.3 is 10.2 Å². The number of halogens is 1. The largest absolute Gasteiger partial charge is 0.348 e. The molecular formula is C23H23FN4OS2. The van der Waals surface area contributed by atoms with Crippen LogP contribution < -0.4 is 10.2 Å². The fourth-order valence-corrected chi connectivity index (χ4v) is 5.94. The SMILES string of the molecule is CC1CCN(c2nc3sc(C(=O)Nc4ccc(C5=CCC(F)C=C5)nc4)cc3s2)CC1. The van der Waals surface area contributed by atoms with E-state index < -0.39 is 6.17 Å². The fourth-order valence-electron chi connectivity index (χ4n) is 3.79. The molecule has 160 valence electrons. The minimum Gasteiger partial charge on any atom is -0.348 e. The van der Waals surface area contributed by atoms with Gasteiger partial charge in [0.2, 0.25) is 0 Å². The highest BCUT2D eigenvalue weighted by molar-refractivity contribution is 7.29. The average molecular weight is 455 g/mol. The van der Waals surface area contributed by atoms with Crippen LogP contribution >= 0.6 is 22.7 Å². The molecule has 8 heteroatoms. The van der Waals surface area contributed by atoms with E-state index in [2.05, 4.69) is 22.1 Å². The summed E-state index contributed by atoms with van der Waals surface area (Å²) in [5.74, 6) is 0.629. The third-order valence-electron chi connectivity index (χ3n) is 5.72. The Morgan fingerprint density at radius 3 is 2.77 bits per heavy atom. The standard InChI is InChI=1S/C23H23FN4OS2/c1-14-8-10-28(11-9-14)23-27-22-20(31-23)12-19(30-22)21(29)26-17-6-7-18(25-13-17)15-2-4-16(24)5-3-15/h2-4,6-7,12-14,16H,5,8-11H2,1H3,(H,26,29). The van der Waals surface area contributed by atoms with Crippen LogP contribution in [-0.4, -0.2) is 35.1 Å². The summed E-state index contributed by atoms with van der Waals surface area (Å²) in [6, 6.07) is 5.58. The number of thiazole rings is 1. The summed E-state index contributed by atoms with van der Waals surface area (Å²) in [4.78, 5) is 25.8. The van der Waals surface area contributed by atoms with Gasteiger partial charge in [0.15, 0.2) is 5.13 Å². The second-order valence-electron chi connectivity index (χ2n) is 8.10. The van der Waals surface area contributed by atoms with E-state index in [4.69, 9.17) is 4.98 Å². The third-order valence-corrected chi connectivity index (χ3v) is 7.94. The van der Waals surface area contributed by atoms with Crippen LogP contribution in [0.5, 0.6) is 0 Å². The number of aromatic nitrogens is 2. The van der Waals surface area contributed by atoms with E-state index in [0.29, 0.717) is 17.0 Å². The lowest BCUT2D eigenvalue weighted by Gasteiger charge is -2.29. The molecule has 1 aliphatic heterocycles. The Kier molecular flexibility index (Phi) is 5.58. The Balaban J connectivity index is 1.25. The molecule has 0 aromatic carbocycles. The first-order valence-corrected chi connectivity index (χ1v) is 12.1. The van der Waals surface area contributed by atoms with Gasteiger partial charge in [0.25, 0.3) is 5.91 Å². The molecule has 1 N–H and O–H groups in total. The van der Waals surface area contributed by atoms with Crippen LogP contribution in [0.4, 0.5) is 15.2 Å². The number of allylic oxidation sites excluding steroid dienone is 4. The van der Waals surface area contributed by atoms with Gasteiger partial charge in [0.1, 0.15) is 11.0 Å². The number of amides is 1. The van der Waals surface area contributed by atoms with Crippen molar-refractivity contribution in [1.29, 1.82) is 0 Å². The smallest absolute Gasteiger partial charge is 0.265 e. The Morgan fingerprint density at radius 2 is 2.10 bits per heavy atom. The number of nitrogens with zero attached hydrogens (tertiary/aromatic N) is 3. The quantitative estimate of drug-likeness (QED) is 0.531. The number of thiophene rings is 1. The van der Waals surface area contributed by atoms with Crippen LogP contribution in [0.25, 0.3) is 15.1 Å². The van der Waals surface area contributed by atoms with E-state index in [1.165, 1.54) is 24.2 Å². The molecule has 1 fully saturated rings. The van der Waals surface area contributed by atoms with E-state index in [1.54, 1.807) is 29.7 Å². The molecule has 3 aromatic heterocycles. The zero-order valence-corrected chi connectivity index (χ0v) is 18.8. The lowest BCUT2D eigenvalue weighted by Crippen LogP contribution is -2.32. The molecule has 5 rings (SSSR count). The summed E-state index contributed by atoms with van der Waals surface area (Å²) in [5.41, 5.74) is 2.29. The molecule has 1 amide bonds. The molecule has 2 aliphatic rings. The number of fused-ring (bicyclic) bond motifs is 1. The molecule has 0 saturated carbocycles. The molecule has 1 saturated heterocycles. The van der Waals surface area contributed by atoms with Gasteiger partial charge in [-0.1, -0.05) is 30.4 Å². The molecule has 1 aliphatic carbocycles. The molecule has 5 nitrogen and oxygen atoms in total. The number of piperidine rings is 1. The maximum Gasteiger partial charge on any atom is 0.265 e. The van der Waals surface area contributed by atoms with E-state index >= 15 is 0 Å². The molecule has 1 atom stereocenters. The highest BCUT2D eigenvalue weighted by Gasteiger charge is 2.21. The van der Waals surface area contributed by atoms with Crippen LogP contribution in [0, 0.1) is 5.92 Å². The summed E-state index contributed by atoms with van der Waals surface area (Å²) in [5, 5.41) is 3.97. The molecule has 0 radical (unpaired) electrons. The minimum atomic E-state index is -0.920. The highest BCUT2D eigenvalue weighted by Crippen LogP contribution is 2.36. The third kappa shape index (κ3) is 4.41. The van der Waals surface area contributed by atoms with Crippen molar-refractivity contribution in [3.05, 3.63) is 53.2 Å². The van der Waals surface area contributed by atoms with Gasteiger partial charge in [-0.2, -0.15) is 0 Å². The number of carbonyl (C=O) groups excluding carboxylic acids is 1. The predicted molar refractivity (Wildman–Crippen MR) is 127 cm³/mol. The van der Waals surface area contributed by atoms with Crippen molar-refractivity contribution in [3.63, 3.8) is 0 Å². The maximum absolute atomic E-state index is 13.2. The predicted octanol–water partition coefficient (Wildman–Crippen LogP) is 5.92. The average Bonchev–Trinajstić information content (AvgIpc) is 3.35. The van der Waals surface area contributed by atoms with Gasteiger partial charge in [-0.15, -0.1) is 11.3 Å². The van der Waals surface area contributed by atoms with Gasteiger partial charge in [-0.3, -0.25) is 9.78 Å². The van der Waals surface area contributed by atoms with Crippen molar-refractivity contribution in [3.8, 4) is 0 Å². The number of rotatable bonds is 4. The zero-order valence-electron chi connectivity index (χ0n) is 17.2. The van der Waals surface area contributed by atoms with Gasteiger partial charge in [-0.25, -0.2) is 9.37 Å². The van der Waals surface area contributed by atoms with Crippen LogP contribution in [0.1, 0.15) is 41.6 Å². The van der Waals surface area contributed by atoms with Gasteiger partial charge in [0, 0.05) is 19.5 Å². The van der Waals surface area contributed by atoms with E-state index in [0.717, 1.165) is 44.9 Å². The van der Waals surface area contributed by atoms with Crippen LogP contribution in [0.3, 0.4) is 0 Å². The second kappa shape index (κ2) is 8.51. The second-order valence-corrected chi connectivity index (χ2v) is 10.1. The first-order chi connectivity index (χ1) is 15.0. The number of carbonyl (C=O) groups is 1. The topological polar surface area (TPSA) is 58.1 Å². The van der Waals surface area contributed by atoms with Crippen molar-refractivity contribution in [2.24, 2.45) is 5.92 Å². The monoisotopic (exact) mass is 454 g/mol. The van der Waals surface area contributed by atoms with Crippen molar-refractivity contribution < 1.29 is 9.18 Å². The van der Waals surface area contributed by atoms with Gasteiger partial charge in [0.05, 0.1) is 27.2 Å². The summed E-state index contributed by atoms with van der Waals surface area (Å²) in [6.45, 7) is 4.41. The summed E-state index contributed by atoms with van der Waals surface area (Å²) >= 11 is 3.08. The number of hydrogen-bond acceptors (Lipinski definition) is 6. The number of hydrogen-bond donors (Lipinski definition) is 1. The summed E-state index contributed by atoms with van der Waals surface area (Å²) < 4.78 is 14.3. The Morgan fingerprint density at radius 1 is 1.26 bits per heavy atom. The molecular weight excluding hydrogens is 431 g/mol. The van der Waals surface area contributed by atoms with Crippen molar-refractivity contribution >= 4 is 54.5 Å². The Bertz CT molecular complexity index is 1120. The Hall–Kier alpha value is -2.58. The number of alkyl halides is 1. The summed E-state index contributed by atoms with van der Waals surface area (Å²) in [7, 11) is 0. The van der Waals surface area contributed by atoms with Crippen molar-refractivity contribution in [1.82, 2.24) is 9.97 Å². The molecule has 1 unspecified atom stereocenters. The van der Waals surface area contributed by atoms with Crippen LogP contribution in [0.2, 0.25) is 0 Å². The van der Waals surface area contributed by atoms with Gasteiger partial charge >= 0.3 is 0 Å². The van der Waals surface area contributed by atoms with Crippen molar-refractivity contribution in [2.45, 2.75) is 32.4 Å². The van der Waals surface area contributed by atoms with Crippen molar-refractivity contribution in [2.75, 3.05) is 23.3 Å². The van der Waals surface area contributed by atoms with E-state index in [1.807, 2.05) is 24.3 Å². The molecule has 3 aromatic rings. The Labute approximate surface area is 188 Å². The highest BCUT2D eigenvalue weighted by atomic mass is 32.1. The van der Waals surface area contributed by atoms with Gasteiger partial charge in [-0.05, 0) is 48.6 Å². The zero-order chi connectivity index (χ0) is 21.4. The molecule has 4 heterocycles. The van der Waals surface area contributed by atoms with Crippen LogP contribution in [-0.2, 0) is 0 Å².